The minimum absolute atomic E-state index is 0.473. The van der Waals surface area contributed by atoms with Gasteiger partial charge in [0, 0.05) is 11.8 Å². The number of esters is 1. The van der Waals surface area contributed by atoms with Crippen molar-refractivity contribution in [2.24, 2.45) is 0 Å². The second kappa shape index (κ2) is 10.5. The molecule has 0 aliphatic heterocycles. The summed E-state index contributed by atoms with van der Waals surface area (Å²) in [4.78, 5) is 24.2. The molecule has 1 amide bonds. The molecule has 2 aromatic carbocycles. The second-order valence-corrected chi connectivity index (χ2v) is 5.93. The summed E-state index contributed by atoms with van der Waals surface area (Å²) in [6.07, 6.45) is 1.81. The first-order valence-corrected chi connectivity index (χ1v) is 8.97. The van der Waals surface area contributed by atoms with Crippen LogP contribution in [0.25, 0.3) is 6.08 Å². The molecule has 0 bridgehead atoms. The van der Waals surface area contributed by atoms with Crippen molar-refractivity contribution in [1.82, 2.24) is 0 Å². The number of carbonyl (C=O) groups is 2. The number of ether oxygens (including phenoxy) is 3. The topological polar surface area (TPSA) is 97.6 Å². The van der Waals surface area contributed by atoms with Crippen LogP contribution in [-0.4, -0.2) is 31.7 Å². The van der Waals surface area contributed by atoms with Crippen molar-refractivity contribution in [3.05, 3.63) is 59.7 Å². The highest BCUT2D eigenvalue weighted by Crippen LogP contribution is 2.28. The Labute approximate surface area is 169 Å². The molecule has 0 radical (unpaired) electrons. The lowest BCUT2D eigenvalue weighted by Gasteiger charge is -2.12. The summed E-state index contributed by atoms with van der Waals surface area (Å²) < 4.78 is 15.8. The fourth-order valence-corrected chi connectivity index (χ4v) is 2.37. The summed E-state index contributed by atoms with van der Waals surface area (Å²) in [5.41, 5.74) is 1.71. The molecule has 7 nitrogen and oxygen atoms in total. The van der Waals surface area contributed by atoms with Crippen molar-refractivity contribution < 1.29 is 23.8 Å². The molecule has 1 N–H and O–H groups in total. The number of anilines is 1. The van der Waals surface area contributed by atoms with Crippen molar-refractivity contribution in [3.63, 3.8) is 0 Å². The lowest BCUT2D eigenvalue weighted by Crippen LogP contribution is -2.29. The van der Waals surface area contributed by atoms with E-state index in [2.05, 4.69) is 5.32 Å². The van der Waals surface area contributed by atoms with Gasteiger partial charge in [-0.3, -0.25) is 4.79 Å². The van der Waals surface area contributed by atoms with E-state index in [1.165, 1.54) is 20.1 Å². The molecular formula is C22H22N2O5. The summed E-state index contributed by atoms with van der Waals surface area (Å²) in [5.74, 6) is 0.0416. The van der Waals surface area contributed by atoms with Gasteiger partial charge in [-0.1, -0.05) is 6.07 Å². The van der Waals surface area contributed by atoms with E-state index < -0.39 is 18.0 Å². The highest BCUT2D eigenvalue weighted by molar-refractivity contribution is 5.96. The van der Waals surface area contributed by atoms with Gasteiger partial charge in [-0.05, 0) is 61.9 Å². The predicted molar refractivity (Wildman–Crippen MR) is 109 cm³/mol. The number of benzene rings is 2. The van der Waals surface area contributed by atoms with Crippen LogP contribution in [0.15, 0.2) is 48.5 Å². The smallest absolute Gasteiger partial charge is 0.331 e. The molecule has 0 spiro atoms. The fourth-order valence-electron chi connectivity index (χ4n) is 2.37. The minimum Gasteiger partial charge on any atom is -0.493 e. The zero-order valence-electron chi connectivity index (χ0n) is 16.5. The average Bonchev–Trinajstić information content (AvgIpc) is 2.73. The average molecular weight is 394 g/mol. The quantitative estimate of drug-likeness (QED) is 0.543. The van der Waals surface area contributed by atoms with Crippen LogP contribution in [0, 0.1) is 11.3 Å². The van der Waals surface area contributed by atoms with Crippen molar-refractivity contribution in [2.45, 2.75) is 20.0 Å². The Hall–Kier alpha value is -3.79. The Balaban J connectivity index is 1.93. The van der Waals surface area contributed by atoms with Crippen molar-refractivity contribution in [3.8, 4) is 17.6 Å². The van der Waals surface area contributed by atoms with Crippen LogP contribution in [0.5, 0.6) is 11.5 Å². The summed E-state index contributed by atoms with van der Waals surface area (Å²) in [6.45, 7) is 3.87. The molecule has 0 saturated heterocycles. The zero-order chi connectivity index (χ0) is 21.2. The summed E-state index contributed by atoms with van der Waals surface area (Å²) in [5, 5.41) is 11.4. The lowest BCUT2D eigenvalue weighted by molar-refractivity contribution is -0.148. The summed E-state index contributed by atoms with van der Waals surface area (Å²) in [7, 11) is 1.54. The Bertz CT molecular complexity index is 929. The first-order chi connectivity index (χ1) is 14.0. The molecule has 7 heteroatoms. The van der Waals surface area contributed by atoms with Gasteiger partial charge in [0.05, 0.1) is 25.3 Å². The SMILES string of the molecule is CCOc1ccc(/C=C/C(=O)O[C@H](C)C(=O)Nc2ccc(C#N)cc2)cc1OC. The Morgan fingerprint density at radius 3 is 2.52 bits per heavy atom. The molecule has 0 aliphatic carbocycles. The monoisotopic (exact) mass is 394 g/mol. The van der Waals surface area contributed by atoms with Crippen LogP contribution >= 0.6 is 0 Å². The Morgan fingerprint density at radius 1 is 1.17 bits per heavy atom. The molecule has 29 heavy (non-hydrogen) atoms. The minimum atomic E-state index is -0.988. The third kappa shape index (κ3) is 6.40. The maximum atomic E-state index is 12.2. The third-order valence-electron chi connectivity index (χ3n) is 3.84. The van der Waals surface area contributed by atoms with Gasteiger partial charge >= 0.3 is 5.97 Å². The number of nitriles is 1. The van der Waals surface area contributed by atoms with E-state index in [-0.39, 0.29) is 0 Å². The zero-order valence-corrected chi connectivity index (χ0v) is 16.5. The van der Waals surface area contributed by atoms with Crippen LogP contribution < -0.4 is 14.8 Å². The van der Waals surface area contributed by atoms with E-state index >= 15 is 0 Å². The van der Waals surface area contributed by atoms with Gasteiger partial charge < -0.3 is 19.5 Å². The summed E-state index contributed by atoms with van der Waals surface area (Å²) >= 11 is 0. The molecule has 0 fully saturated rings. The number of nitrogens with one attached hydrogen (secondary N) is 1. The van der Waals surface area contributed by atoms with E-state index in [0.29, 0.717) is 29.4 Å². The van der Waals surface area contributed by atoms with Gasteiger partial charge in [-0.25, -0.2) is 4.79 Å². The number of methoxy groups -OCH3 is 1. The third-order valence-corrected chi connectivity index (χ3v) is 3.84. The normalized spacial score (nSPS) is 11.4. The molecule has 1 atom stereocenters. The molecule has 0 aromatic heterocycles. The molecule has 2 aromatic rings. The van der Waals surface area contributed by atoms with Crippen molar-refractivity contribution in [2.75, 3.05) is 19.0 Å². The standard InChI is InChI=1S/C22H22N2O5/c1-4-28-19-11-7-16(13-20(19)27-3)8-12-21(25)29-15(2)22(26)24-18-9-5-17(14-23)6-10-18/h5-13,15H,4H2,1-3H3,(H,24,26)/b12-8+/t15-/m1/s1. The Morgan fingerprint density at radius 2 is 1.90 bits per heavy atom. The fraction of sp³-hybridized carbons (Fsp3) is 0.227. The molecule has 0 heterocycles. The first-order valence-electron chi connectivity index (χ1n) is 8.97. The van der Waals surface area contributed by atoms with E-state index in [9.17, 15) is 9.59 Å². The van der Waals surface area contributed by atoms with E-state index in [1.807, 2.05) is 13.0 Å². The van der Waals surface area contributed by atoms with Crippen LogP contribution in [0.3, 0.4) is 0 Å². The first kappa shape index (κ1) is 21.5. The van der Waals surface area contributed by atoms with Gasteiger partial charge in [0.25, 0.3) is 5.91 Å². The predicted octanol–water partition coefficient (Wildman–Crippen LogP) is 3.55. The van der Waals surface area contributed by atoms with Crippen LogP contribution in [-0.2, 0) is 14.3 Å². The number of nitrogens with zero attached hydrogens (tertiary/aromatic N) is 1. The van der Waals surface area contributed by atoms with E-state index in [4.69, 9.17) is 19.5 Å². The van der Waals surface area contributed by atoms with Gasteiger partial charge in [0.1, 0.15) is 0 Å². The number of amides is 1. The molecule has 0 aliphatic rings. The molecule has 0 saturated carbocycles. The Kier molecular flexibility index (Phi) is 7.80. The van der Waals surface area contributed by atoms with Crippen molar-refractivity contribution >= 4 is 23.6 Å². The molecule has 0 unspecified atom stereocenters. The van der Waals surface area contributed by atoms with E-state index in [1.54, 1.807) is 48.5 Å². The van der Waals surface area contributed by atoms with E-state index in [0.717, 1.165) is 5.56 Å². The van der Waals surface area contributed by atoms with Crippen LogP contribution in [0.4, 0.5) is 5.69 Å². The maximum absolute atomic E-state index is 12.2. The lowest BCUT2D eigenvalue weighted by atomic mass is 10.2. The highest BCUT2D eigenvalue weighted by atomic mass is 16.5. The van der Waals surface area contributed by atoms with Gasteiger partial charge in [-0.2, -0.15) is 5.26 Å². The molecule has 2 rings (SSSR count). The largest absolute Gasteiger partial charge is 0.493 e. The van der Waals surface area contributed by atoms with Crippen molar-refractivity contribution in [1.29, 1.82) is 5.26 Å². The maximum Gasteiger partial charge on any atom is 0.331 e. The second-order valence-electron chi connectivity index (χ2n) is 5.93. The molecule has 150 valence electrons. The highest BCUT2D eigenvalue weighted by Gasteiger charge is 2.16. The van der Waals surface area contributed by atoms with Gasteiger partial charge in [0.15, 0.2) is 17.6 Å². The number of carbonyl (C=O) groups excluding carboxylic acids is 2. The summed E-state index contributed by atoms with van der Waals surface area (Å²) in [6, 6.07) is 13.6. The molecular weight excluding hydrogens is 372 g/mol. The van der Waals surface area contributed by atoms with Gasteiger partial charge in [-0.15, -0.1) is 0 Å². The number of hydrogen-bond acceptors (Lipinski definition) is 6. The number of hydrogen-bond donors (Lipinski definition) is 1. The van der Waals surface area contributed by atoms with Crippen LogP contribution in [0.1, 0.15) is 25.0 Å². The van der Waals surface area contributed by atoms with Crippen LogP contribution in [0.2, 0.25) is 0 Å². The number of rotatable bonds is 8. The van der Waals surface area contributed by atoms with Gasteiger partial charge in [0.2, 0.25) is 0 Å².